The van der Waals surface area contributed by atoms with Crippen molar-refractivity contribution >= 4 is 68.4 Å². The van der Waals surface area contributed by atoms with Gasteiger partial charge in [-0.3, -0.25) is 24.0 Å². The Labute approximate surface area is 205 Å². The van der Waals surface area contributed by atoms with Gasteiger partial charge in [-0.15, -0.1) is 11.3 Å². The van der Waals surface area contributed by atoms with Crippen LogP contribution in [-0.2, 0) is 11.3 Å². The Hall–Kier alpha value is -2.88. The summed E-state index contributed by atoms with van der Waals surface area (Å²) in [4.78, 5) is 33.6. The van der Waals surface area contributed by atoms with Gasteiger partial charge in [0.25, 0.3) is 11.5 Å². The third kappa shape index (κ3) is 3.34. The molecule has 0 N–H and O–H groups in total. The first kappa shape index (κ1) is 21.9. The van der Waals surface area contributed by atoms with Crippen LogP contribution in [0, 0.1) is 0 Å². The number of thioether (sulfide) groups is 1. The third-order valence-electron chi connectivity index (χ3n) is 5.76. The molecule has 1 amide bonds. The van der Waals surface area contributed by atoms with Crippen molar-refractivity contribution in [2.24, 2.45) is 0 Å². The van der Waals surface area contributed by atoms with Gasteiger partial charge in [0.15, 0.2) is 5.11 Å². The van der Waals surface area contributed by atoms with Crippen molar-refractivity contribution in [2.45, 2.75) is 25.3 Å². The van der Waals surface area contributed by atoms with E-state index in [1.54, 1.807) is 26.1 Å². The van der Waals surface area contributed by atoms with Crippen LogP contribution < -0.4 is 24.6 Å². The lowest BCUT2D eigenvalue weighted by Gasteiger charge is -2.19. The number of hydrogen-bond donors (Lipinski definition) is 0. The highest BCUT2D eigenvalue weighted by Crippen LogP contribution is 2.45. The highest BCUT2D eigenvalue weighted by Gasteiger charge is 2.40. The van der Waals surface area contributed by atoms with Gasteiger partial charge in [-0.1, -0.05) is 42.1 Å². The molecule has 3 aromatic rings. The van der Waals surface area contributed by atoms with Crippen molar-refractivity contribution in [3.05, 3.63) is 74.1 Å². The smallest absolute Gasteiger partial charge is 0.280 e. The number of anilines is 2. The molecule has 0 aliphatic carbocycles. The van der Waals surface area contributed by atoms with Gasteiger partial charge in [0, 0.05) is 30.7 Å². The van der Waals surface area contributed by atoms with Crippen LogP contribution in [0.5, 0.6) is 0 Å². The molecule has 1 fully saturated rings. The number of carbonyl (C=O) groups excluding carboxylic acids is 1. The van der Waals surface area contributed by atoms with Gasteiger partial charge in [-0.25, -0.2) is 0 Å². The van der Waals surface area contributed by atoms with E-state index in [2.05, 4.69) is 11.0 Å². The largest absolute Gasteiger partial charge is 0.337 e. The van der Waals surface area contributed by atoms with E-state index in [0.29, 0.717) is 33.1 Å². The predicted octanol–water partition coefficient (Wildman–Crippen LogP) is 3.00. The second-order valence-corrected chi connectivity index (χ2v) is 9.97. The van der Waals surface area contributed by atoms with E-state index in [4.69, 9.17) is 12.2 Å². The summed E-state index contributed by atoms with van der Waals surface area (Å²) in [6.45, 7) is 4.75. The first-order chi connectivity index (χ1) is 16.0. The monoisotopic (exact) mass is 494 g/mol. The van der Waals surface area contributed by atoms with Crippen LogP contribution in [0.3, 0.4) is 0 Å². The Morgan fingerprint density at radius 1 is 0.939 bits per heavy atom. The standard InChI is InChI=1S/C24H22N4O2S3/c1-4-26-21(30)19(23-25(3)16-13-9-10-14-17(16)32-23)33-22(26)18-20(29)27(5-2)24(31)28(18)15-11-7-6-8-12-15/h6-14H,4-5H2,1-3H3/b22-18+,23-19+. The zero-order valence-corrected chi connectivity index (χ0v) is 20.9. The molecular formula is C24H22N4O2S3. The lowest BCUT2D eigenvalue weighted by atomic mass is 10.3. The first-order valence-electron chi connectivity index (χ1n) is 10.7. The fraction of sp³-hybridized carbons (Fsp3) is 0.208. The van der Waals surface area contributed by atoms with Crippen LogP contribution in [0.25, 0.3) is 10.7 Å². The maximum atomic E-state index is 13.6. The minimum atomic E-state index is -0.179. The molecule has 1 saturated heterocycles. The Balaban J connectivity index is 1.82. The van der Waals surface area contributed by atoms with Gasteiger partial charge in [0.1, 0.15) is 19.9 Å². The summed E-state index contributed by atoms with van der Waals surface area (Å²) >= 11 is 8.65. The number of fused-ring (bicyclic) bond motifs is 1. The highest BCUT2D eigenvalue weighted by molar-refractivity contribution is 8.08. The summed E-state index contributed by atoms with van der Waals surface area (Å²) in [5.41, 5.74) is 2.23. The van der Waals surface area contributed by atoms with E-state index in [0.717, 1.165) is 21.3 Å². The number of aromatic nitrogens is 1. The van der Waals surface area contributed by atoms with E-state index in [-0.39, 0.29) is 11.5 Å². The number of carbonyl (C=O) groups is 1. The molecule has 0 bridgehead atoms. The zero-order valence-electron chi connectivity index (χ0n) is 18.4. The quantitative estimate of drug-likeness (QED) is 0.522. The fourth-order valence-corrected chi connectivity index (χ4v) is 7.07. The molecule has 0 atom stereocenters. The fourth-order valence-electron chi connectivity index (χ4n) is 4.12. The summed E-state index contributed by atoms with van der Waals surface area (Å²) < 4.78 is 2.95. The molecule has 33 heavy (non-hydrogen) atoms. The van der Waals surface area contributed by atoms with Crippen molar-refractivity contribution in [3.63, 3.8) is 0 Å². The Morgan fingerprint density at radius 2 is 1.64 bits per heavy atom. The summed E-state index contributed by atoms with van der Waals surface area (Å²) in [5.74, 6) is -0.179. The number of para-hydroxylation sites is 2. The number of thiazole rings is 1. The van der Waals surface area contributed by atoms with Crippen molar-refractivity contribution in [1.82, 2.24) is 9.47 Å². The number of likely N-dealkylation sites (N-methyl/N-ethyl adjacent to an activating group) is 1. The molecule has 0 saturated carbocycles. The van der Waals surface area contributed by atoms with Crippen LogP contribution in [0.1, 0.15) is 13.8 Å². The lowest BCUT2D eigenvalue weighted by molar-refractivity contribution is -0.120. The van der Waals surface area contributed by atoms with Gasteiger partial charge in [0.2, 0.25) is 0 Å². The van der Waals surface area contributed by atoms with Gasteiger partial charge >= 0.3 is 0 Å². The SMILES string of the molecule is CCN1C(=O)/C(=c2\s/c(=C3/Sc4ccccc4N3C)c(=O)n2CC)N(c2ccccc2)C1=S. The molecule has 2 aliphatic rings. The maximum absolute atomic E-state index is 13.6. The average Bonchev–Trinajstić information content (AvgIpc) is 3.42. The van der Waals surface area contributed by atoms with Crippen LogP contribution in [0.15, 0.2) is 64.3 Å². The molecule has 5 rings (SSSR count). The van der Waals surface area contributed by atoms with E-state index in [9.17, 15) is 9.59 Å². The van der Waals surface area contributed by atoms with E-state index in [1.807, 2.05) is 69.4 Å². The molecule has 0 unspecified atom stereocenters. The first-order valence-corrected chi connectivity index (χ1v) is 12.7. The Morgan fingerprint density at radius 3 is 2.30 bits per heavy atom. The minimum absolute atomic E-state index is 0.0890. The van der Waals surface area contributed by atoms with Gasteiger partial charge in [0.05, 0.1) is 5.69 Å². The lowest BCUT2D eigenvalue weighted by Crippen LogP contribution is -2.36. The Kier molecular flexibility index (Phi) is 5.64. The number of benzene rings is 2. The van der Waals surface area contributed by atoms with E-state index in [1.165, 1.54) is 11.3 Å². The number of amides is 1. The molecule has 3 heterocycles. The second-order valence-electron chi connectivity index (χ2n) is 7.57. The van der Waals surface area contributed by atoms with Crippen molar-refractivity contribution < 1.29 is 4.79 Å². The van der Waals surface area contributed by atoms with E-state index >= 15 is 0 Å². The van der Waals surface area contributed by atoms with Crippen molar-refractivity contribution in [2.75, 3.05) is 23.4 Å². The van der Waals surface area contributed by atoms with Crippen molar-refractivity contribution in [3.8, 4) is 0 Å². The van der Waals surface area contributed by atoms with Crippen molar-refractivity contribution in [1.29, 1.82) is 0 Å². The number of nitrogens with zero attached hydrogens (tertiary/aromatic N) is 4. The molecular weight excluding hydrogens is 472 g/mol. The Bertz CT molecular complexity index is 1460. The molecule has 2 aromatic carbocycles. The van der Waals surface area contributed by atoms with Crippen LogP contribution in [0.2, 0.25) is 0 Å². The van der Waals surface area contributed by atoms with Gasteiger partial charge < -0.3 is 4.90 Å². The van der Waals surface area contributed by atoms with Crippen LogP contribution >= 0.6 is 35.3 Å². The number of hydrogen-bond acceptors (Lipinski definition) is 6. The molecule has 0 spiro atoms. The maximum Gasteiger partial charge on any atom is 0.280 e. The zero-order chi connectivity index (χ0) is 23.3. The predicted molar refractivity (Wildman–Crippen MR) is 140 cm³/mol. The molecule has 168 valence electrons. The summed E-state index contributed by atoms with van der Waals surface area (Å²) in [5, 5.41) is 1.31. The molecule has 6 nitrogen and oxygen atoms in total. The highest BCUT2D eigenvalue weighted by atomic mass is 32.2. The summed E-state index contributed by atoms with van der Waals surface area (Å²) in [7, 11) is 1.97. The summed E-state index contributed by atoms with van der Waals surface area (Å²) in [6, 6.07) is 17.7. The molecule has 0 radical (unpaired) electrons. The minimum Gasteiger partial charge on any atom is -0.337 e. The van der Waals surface area contributed by atoms with Crippen LogP contribution in [-0.4, -0.2) is 34.1 Å². The molecule has 1 aromatic heterocycles. The second kappa shape index (κ2) is 8.48. The number of thiocarbonyl (C=S) groups is 1. The summed E-state index contributed by atoms with van der Waals surface area (Å²) in [6.07, 6.45) is 0. The average molecular weight is 495 g/mol. The molecule has 9 heteroatoms. The molecule has 2 aliphatic heterocycles. The van der Waals surface area contributed by atoms with Gasteiger partial charge in [-0.05, 0) is 50.3 Å². The normalized spacial score (nSPS) is 19.1. The van der Waals surface area contributed by atoms with Crippen LogP contribution in [0.4, 0.5) is 11.4 Å². The number of rotatable bonds is 3. The topological polar surface area (TPSA) is 48.8 Å². The van der Waals surface area contributed by atoms with Gasteiger partial charge in [-0.2, -0.15) is 0 Å². The van der Waals surface area contributed by atoms with E-state index < -0.39 is 0 Å². The third-order valence-corrected chi connectivity index (χ3v) is 8.71.